The van der Waals surface area contributed by atoms with E-state index in [1.807, 2.05) is 36.4 Å². The second kappa shape index (κ2) is 4.62. The molecule has 0 unspecified atom stereocenters. The smallest absolute Gasteiger partial charge is 0.115 e. The summed E-state index contributed by atoms with van der Waals surface area (Å²) >= 11 is 0. The number of phenols is 1. The summed E-state index contributed by atoms with van der Waals surface area (Å²) in [4.78, 5) is 0. The van der Waals surface area contributed by atoms with Crippen molar-refractivity contribution in [1.29, 1.82) is 5.26 Å². The average molecular weight is 247 g/mol. The minimum absolute atomic E-state index is 0.328. The largest absolute Gasteiger partial charge is 0.508 e. The molecule has 0 atom stereocenters. The molecular formula is C17H13NO. The molecule has 3 rings (SSSR count). The van der Waals surface area contributed by atoms with Crippen molar-refractivity contribution in [2.75, 3.05) is 0 Å². The monoisotopic (exact) mass is 247 g/mol. The summed E-state index contributed by atoms with van der Waals surface area (Å²) in [6.07, 6.45) is 4.07. The highest BCUT2D eigenvalue weighted by atomic mass is 16.3. The number of aryl methyl sites for hydroxylation is 1. The minimum Gasteiger partial charge on any atom is -0.508 e. The highest BCUT2D eigenvalue weighted by Crippen LogP contribution is 2.31. The standard InChI is InChI=1S/C17H13NO/c18-11-12-1-3-13(4-2-12)14-5-6-16-10-17(19)8-7-15(16)9-14/h1-4,7-10,19H,5-6H2. The lowest BCUT2D eigenvalue weighted by Gasteiger charge is -2.17. The second-order valence-electron chi connectivity index (χ2n) is 4.74. The van der Waals surface area contributed by atoms with Crippen molar-refractivity contribution in [2.24, 2.45) is 0 Å². The molecule has 0 bridgehead atoms. The van der Waals surface area contributed by atoms with Gasteiger partial charge in [0.1, 0.15) is 5.75 Å². The van der Waals surface area contributed by atoms with Gasteiger partial charge in [0.2, 0.25) is 0 Å². The number of benzene rings is 2. The fourth-order valence-electron chi connectivity index (χ4n) is 2.47. The molecule has 0 saturated carbocycles. The van der Waals surface area contributed by atoms with E-state index in [1.165, 1.54) is 16.7 Å². The Balaban J connectivity index is 1.98. The van der Waals surface area contributed by atoms with Gasteiger partial charge in [-0.3, -0.25) is 0 Å². The zero-order valence-corrected chi connectivity index (χ0v) is 10.4. The number of allylic oxidation sites excluding steroid dienone is 1. The van der Waals surface area contributed by atoms with Crippen LogP contribution in [-0.4, -0.2) is 5.11 Å². The number of phenolic OH excluding ortho intramolecular Hbond substituents is 1. The Kier molecular flexibility index (Phi) is 2.81. The van der Waals surface area contributed by atoms with Gasteiger partial charge in [0.05, 0.1) is 11.6 Å². The quantitative estimate of drug-likeness (QED) is 0.834. The van der Waals surface area contributed by atoms with Gasteiger partial charge in [-0.1, -0.05) is 24.3 Å². The summed E-state index contributed by atoms with van der Waals surface area (Å²) in [6, 6.07) is 15.3. The topological polar surface area (TPSA) is 44.0 Å². The number of aromatic hydroxyl groups is 1. The second-order valence-corrected chi connectivity index (χ2v) is 4.74. The molecule has 0 saturated heterocycles. The van der Waals surface area contributed by atoms with Gasteiger partial charge >= 0.3 is 0 Å². The molecule has 2 aromatic rings. The maximum Gasteiger partial charge on any atom is 0.115 e. The average Bonchev–Trinajstić information content (AvgIpc) is 2.47. The number of nitriles is 1. The summed E-state index contributed by atoms with van der Waals surface area (Å²) < 4.78 is 0. The number of fused-ring (bicyclic) bond motifs is 1. The Morgan fingerprint density at radius 2 is 1.79 bits per heavy atom. The van der Waals surface area contributed by atoms with Gasteiger partial charge in [-0.05, 0) is 59.4 Å². The number of nitrogens with zero attached hydrogens (tertiary/aromatic N) is 1. The van der Waals surface area contributed by atoms with E-state index in [9.17, 15) is 5.11 Å². The van der Waals surface area contributed by atoms with Crippen LogP contribution in [0.1, 0.15) is 28.7 Å². The third-order valence-electron chi connectivity index (χ3n) is 3.50. The first kappa shape index (κ1) is 11.6. The van der Waals surface area contributed by atoms with E-state index in [1.54, 1.807) is 6.07 Å². The van der Waals surface area contributed by atoms with E-state index in [0.717, 1.165) is 18.4 Å². The summed E-state index contributed by atoms with van der Waals surface area (Å²) in [5.74, 6) is 0.328. The molecule has 0 fully saturated rings. The lowest BCUT2D eigenvalue weighted by molar-refractivity contribution is 0.474. The van der Waals surface area contributed by atoms with E-state index in [4.69, 9.17) is 5.26 Å². The van der Waals surface area contributed by atoms with Gasteiger partial charge in [0, 0.05) is 0 Å². The molecule has 2 heteroatoms. The van der Waals surface area contributed by atoms with Gasteiger partial charge in [-0.15, -0.1) is 0 Å². The first-order chi connectivity index (χ1) is 9.26. The van der Waals surface area contributed by atoms with Crippen LogP contribution in [0.4, 0.5) is 0 Å². The Morgan fingerprint density at radius 1 is 1.00 bits per heavy atom. The number of rotatable bonds is 1. The molecule has 0 amide bonds. The summed E-state index contributed by atoms with van der Waals surface area (Å²) in [5.41, 5.74) is 5.49. The SMILES string of the molecule is N#Cc1ccc(C2=Cc3ccc(O)cc3CC2)cc1. The summed E-state index contributed by atoms with van der Waals surface area (Å²) in [5, 5.41) is 18.3. The van der Waals surface area contributed by atoms with E-state index < -0.39 is 0 Å². The van der Waals surface area contributed by atoms with Gasteiger partial charge in [0.25, 0.3) is 0 Å². The molecule has 0 heterocycles. The van der Waals surface area contributed by atoms with Crippen molar-refractivity contribution in [1.82, 2.24) is 0 Å². The first-order valence-corrected chi connectivity index (χ1v) is 6.29. The molecule has 0 aromatic heterocycles. The molecule has 1 aliphatic carbocycles. The summed E-state index contributed by atoms with van der Waals surface area (Å²) in [6.45, 7) is 0. The first-order valence-electron chi connectivity index (χ1n) is 6.29. The Morgan fingerprint density at radius 3 is 2.53 bits per heavy atom. The molecule has 92 valence electrons. The van der Waals surface area contributed by atoms with Crippen LogP contribution in [0.3, 0.4) is 0 Å². The highest BCUT2D eigenvalue weighted by molar-refractivity contribution is 5.84. The van der Waals surface area contributed by atoms with Crippen molar-refractivity contribution in [3.63, 3.8) is 0 Å². The Bertz CT molecular complexity index is 690. The molecule has 2 aromatic carbocycles. The maximum atomic E-state index is 9.48. The molecule has 0 radical (unpaired) electrons. The zero-order chi connectivity index (χ0) is 13.2. The van der Waals surface area contributed by atoms with E-state index in [0.29, 0.717) is 11.3 Å². The van der Waals surface area contributed by atoms with Crippen molar-refractivity contribution in [3.05, 3.63) is 64.7 Å². The van der Waals surface area contributed by atoms with Crippen LogP contribution in [0.5, 0.6) is 5.75 Å². The zero-order valence-electron chi connectivity index (χ0n) is 10.4. The molecule has 1 N–H and O–H groups in total. The molecule has 2 nitrogen and oxygen atoms in total. The van der Waals surface area contributed by atoms with Gasteiger partial charge in [0.15, 0.2) is 0 Å². The molecule has 0 spiro atoms. The predicted molar refractivity (Wildman–Crippen MR) is 75.5 cm³/mol. The lowest BCUT2D eigenvalue weighted by Crippen LogP contribution is -1.98. The molecule has 19 heavy (non-hydrogen) atoms. The van der Waals surface area contributed by atoms with Crippen molar-refractivity contribution in [3.8, 4) is 11.8 Å². The third-order valence-corrected chi connectivity index (χ3v) is 3.50. The van der Waals surface area contributed by atoms with Crippen molar-refractivity contribution in [2.45, 2.75) is 12.8 Å². The van der Waals surface area contributed by atoms with E-state index in [-0.39, 0.29) is 0 Å². The van der Waals surface area contributed by atoms with E-state index in [2.05, 4.69) is 12.1 Å². The fraction of sp³-hybridized carbons (Fsp3) is 0.118. The maximum absolute atomic E-state index is 9.48. The predicted octanol–water partition coefficient (Wildman–Crippen LogP) is 3.75. The summed E-state index contributed by atoms with van der Waals surface area (Å²) in [7, 11) is 0. The van der Waals surface area contributed by atoms with Gasteiger partial charge < -0.3 is 5.11 Å². The number of hydrogen-bond acceptors (Lipinski definition) is 2. The van der Waals surface area contributed by atoms with Crippen LogP contribution in [0.15, 0.2) is 42.5 Å². The Labute approximate surface area is 112 Å². The van der Waals surface area contributed by atoms with Crippen molar-refractivity contribution < 1.29 is 5.11 Å². The van der Waals surface area contributed by atoms with Crippen LogP contribution in [0.2, 0.25) is 0 Å². The third kappa shape index (κ3) is 2.23. The lowest BCUT2D eigenvalue weighted by atomic mass is 9.88. The van der Waals surface area contributed by atoms with Crippen LogP contribution in [0.25, 0.3) is 11.6 Å². The normalized spacial score (nSPS) is 13.3. The van der Waals surface area contributed by atoms with Gasteiger partial charge in [-0.25, -0.2) is 0 Å². The molecular weight excluding hydrogens is 234 g/mol. The van der Waals surface area contributed by atoms with Gasteiger partial charge in [-0.2, -0.15) is 5.26 Å². The van der Waals surface area contributed by atoms with E-state index >= 15 is 0 Å². The highest BCUT2D eigenvalue weighted by Gasteiger charge is 2.12. The Hall–Kier alpha value is -2.53. The van der Waals surface area contributed by atoms with Crippen LogP contribution in [-0.2, 0) is 6.42 Å². The van der Waals surface area contributed by atoms with Crippen LogP contribution < -0.4 is 0 Å². The molecule has 0 aliphatic heterocycles. The number of hydrogen-bond donors (Lipinski definition) is 1. The van der Waals surface area contributed by atoms with Crippen LogP contribution in [0, 0.1) is 11.3 Å². The fourth-order valence-corrected chi connectivity index (χ4v) is 2.47. The van der Waals surface area contributed by atoms with Crippen LogP contribution >= 0.6 is 0 Å². The minimum atomic E-state index is 0.328. The van der Waals surface area contributed by atoms with Crippen molar-refractivity contribution >= 4 is 11.6 Å². The molecule has 1 aliphatic rings.